The third-order valence-corrected chi connectivity index (χ3v) is 9.31. The highest BCUT2D eigenvalue weighted by atomic mass is 16.4. The van der Waals surface area contributed by atoms with E-state index in [-0.39, 0.29) is 0 Å². The quantitative estimate of drug-likeness (QED) is 0.173. The molecule has 0 atom stereocenters. The van der Waals surface area contributed by atoms with E-state index in [1.807, 2.05) is 0 Å². The lowest BCUT2D eigenvalue weighted by molar-refractivity contribution is 0.579. The summed E-state index contributed by atoms with van der Waals surface area (Å²) >= 11 is 0. The number of nitrogens with zero attached hydrogens (tertiary/aromatic N) is 2. The van der Waals surface area contributed by atoms with Crippen LogP contribution in [0.4, 0.5) is 34.5 Å². The van der Waals surface area contributed by atoms with Crippen LogP contribution in [0.1, 0.15) is 5.56 Å². The fourth-order valence-electron chi connectivity index (χ4n) is 7.13. The minimum Gasteiger partial charge on any atom is -0.423 e. The van der Waals surface area contributed by atoms with Crippen LogP contribution >= 0.6 is 0 Å². The number of hydrogen-bond acceptors (Lipinski definition) is 3. The summed E-state index contributed by atoms with van der Waals surface area (Å²) in [5, 5.41) is 9.59. The molecule has 0 amide bonds. The maximum absolute atomic E-state index is 7.13. The van der Waals surface area contributed by atoms with E-state index >= 15 is 0 Å². The van der Waals surface area contributed by atoms with Gasteiger partial charge in [0.25, 0.3) is 0 Å². The van der Waals surface area contributed by atoms with Crippen LogP contribution in [0.15, 0.2) is 180 Å². The Kier molecular flexibility index (Phi) is 6.69. The minimum atomic E-state index is 0.750. The number of anilines is 6. The number of rotatable bonds is 6. The molecular weight excluding hydrogens is 585 g/mol. The molecule has 0 aliphatic heterocycles. The van der Waals surface area contributed by atoms with E-state index < -0.39 is 0 Å². The first-order chi connectivity index (χ1) is 23.7. The van der Waals surface area contributed by atoms with Crippen molar-refractivity contribution in [2.24, 2.45) is 0 Å². The summed E-state index contributed by atoms with van der Waals surface area (Å²) in [6.45, 7) is 2.14. The molecule has 0 saturated heterocycles. The van der Waals surface area contributed by atoms with E-state index in [2.05, 4.69) is 193 Å². The zero-order valence-corrected chi connectivity index (χ0v) is 26.5. The van der Waals surface area contributed by atoms with Crippen LogP contribution in [0.5, 0.6) is 0 Å². The molecule has 9 aromatic rings. The fraction of sp³-hybridized carbons (Fsp3) is 0.0222. The van der Waals surface area contributed by atoms with Gasteiger partial charge in [0, 0.05) is 33.8 Å². The van der Waals surface area contributed by atoms with Gasteiger partial charge in [0.1, 0.15) is 0 Å². The van der Waals surface area contributed by atoms with E-state index in [0.29, 0.717) is 0 Å². The molecule has 0 N–H and O–H groups in total. The molecule has 9 rings (SSSR count). The van der Waals surface area contributed by atoms with E-state index in [0.717, 1.165) is 50.9 Å². The molecule has 0 unspecified atom stereocenters. The summed E-state index contributed by atoms with van der Waals surface area (Å²) < 4.78 is 7.13. The topological polar surface area (TPSA) is 19.6 Å². The van der Waals surface area contributed by atoms with Gasteiger partial charge in [-0.15, -0.1) is 0 Å². The molecule has 0 saturated carbocycles. The van der Waals surface area contributed by atoms with Gasteiger partial charge in [-0.05, 0) is 75.6 Å². The second kappa shape index (κ2) is 11.5. The van der Waals surface area contributed by atoms with Crippen molar-refractivity contribution in [3.05, 3.63) is 181 Å². The van der Waals surface area contributed by atoms with Crippen molar-refractivity contribution in [1.29, 1.82) is 0 Å². The Labute approximate surface area is 279 Å². The minimum absolute atomic E-state index is 0.750. The molecule has 0 spiro atoms. The molecule has 0 fully saturated rings. The summed E-state index contributed by atoms with van der Waals surface area (Å²) in [7, 11) is 0. The molecule has 1 heterocycles. The molecule has 0 radical (unpaired) electrons. The Balaban J connectivity index is 1.31. The van der Waals surface area contributed by atoms with E-state index in [1.165, 1.54) is 32.3 Å². The monoisotopic (exact) mass is 616 g/mol. The molecule has 0 bridgehead atoms. The third kappa shape index (κ3) is 4.59. The average molecular weight is 617 g/mol. The van der Waals surface area contributed by atoms with Gasteiger partial charge in [-0.1, -0.05) is 133 Å². The molecule has 228 valence electrons. The number of benzene rings is 8. The van der Waals surface area contributed by atoms with Crippen LogP contribution in [0.2, 0.25) is 0 Å². The first-order valence-corrected chi connectivity index (χ1v) is 16.4. The lowest BCUT2D eigenvalue weighted by Gasteiger charge is -2.27. The number of para-hydroxylation sites is 2. The van der Waals surface area contributed by atoms with Crippen LogP contribution in [0, 0.1) is 6.92 Å². The van der Waals surface area contributed by atoms with Crippen LogP contribution < -0.4 is 9.80 Å². The number of hydrogen-bond donors (Lipinski definition) is 0. The van der Waals surface area contributed by atoms with Crippen LogP contribution in [-0.4, -0.2) is 0 Å². The molecule has 1 aromatic heterocycles. The molecule has 48 heavy (non-hydrogen) atoms. The van der Waals surface area contributed by atoms with Gasteiger partial charge < -0.3 is 4.42 Å². The smallest absolute Gasteiger partial charge is 0.210 e. The molecule has 0 aliphatic rings. The number of fused-ring (bicyclic) bond motifs is 6. The SMILES string of the molecule is Cc1cc(N(c2ccccc2)c2cc3ccccc3c3ccccc23)oc1N(c1ccccc1)c1cc2ccccc2c2ccccc12. The van der Waals surface area contributed by atoms with Crippen LogP contribution in [0.25, 0.3) is 43.1 Å². The van der Waals surface area contributed by atoms with Crippen molar-refractivity contribution < 1.29 is 4.42 Å². The zero-order chi connectivity index (χ0) is 32.0. The van der Waals surface area contributed by atoms with E-state index in [1.54, 1.807) is 0 Å². The molecule has 8 aromatic carbocycles. The second-order valence-electron chi connectivity index (χ2n) is 12.2. The van der Waals surface area contributed by atoms with Crippen molar-refractivity contribution in [2.75, 3.05) is 9.80 Å². The number of aryl methyl sites for hydroxylation is 1. The Bertz CT molecular complexity index is 2590. The summed E-state index contributed by atoms with van der Waals surface area (Å²) in [5.41, 5.74) is 5.24. The van der Waals surface area contributed by atoms with Gasteiger partial charge in [-0.3, -0.25) is 9.80 Å². The summed E-state index contributed by atoms with van der Waals surface area (Å²) in [6.07, 6.45) is 0. The zero-order valence-electron chi connectivity index (χ0n) is 26.5. The lowest BCUT2D eigenvalue weighted by Crippen LogP contribution is -2.11. The van der Waals surface area contributed by atoms with E-state index in [4.69, 9.17) is 4.42 Å². The van der Waals surface area contributed by atoms with Gasteiger partial charge in [-0.25, -0.2) is 0 Å². The largest absolute Gasteiger partial charge is 0.423 e. The van der Waals surface area contributed by atoms with Gasteiger partial charge in [-0.2, -0.15) is 0 Å². The van der Waals surface area contributed by atoms with Crippen molar-refractivity contribution >= 4 is 77.6 Å². The summed E-state index contributed by atoms with van der Waals surface area (Å²) in [6, 6.07) is 62.3. The van der Waals surface area contributed by atoms with Crippen molar-refractivity contribution in [3.8, 4) is 0 Å². The second-order valence-corrected chi connectivity index (χ2v) is 12.2. The maximum atomic E-state index is 7.13. The highest BCUT2D eigenvalue weighted by molar-refractivity contribution is 6.15. The molecular formula is C45H32N2O. The molecule has 3 heteroatoms. The highest BCUT2D eigenvalue weighted by Crippen LogP contribution is 2.48. The molecule has 3 nitrogen and oxygen atoms in total. The normalized spacial score (nSPS) is 11.4. The number of furan rings is 1. The van der Waals surface area contributed by atoms with Gasteiger partial charge in [0.15, 0.2) is 0 Å². The Morgan fingerprint density at radius 1 is 0.375 bits per heavy atom. The van der Waals surface area contributed by atoms with Gasteiger partial charge in [0.2, 0.25) is 11.8 Å². The van der Waals surface area contributed by atoms with E-state index in [9.17, 15) is 0 Å². The third-order valence-electron chi connectivity index (χ3n) is 9.31. The Morgan fingerprint density at radius 3 is 1.29 bits per heavy atom. The average Bonchev–Trinajstić information content (AvgIpc) is 3.52. The van der Waals surface area contributed by atoms with Crippen molar-refractivity contribution in [3.63, 3.8) is 0 Å². The first-order valence-electron chi connectivity index (χ1n) is 16.4. The predicted molar refractivity (Wildman–Crippen MR) is 203 cm³/mol. The maximum Gasteiger partial charge on any atom is 0.210 e. The van der Waals surface area contributed by atoms with Crippen molar-refractivity contribution in [2.45, 2.75) is 6.92 Å². The van der Waals surface area contributed by atoms with Gasteiger partial charge in [0.05, 0.1) is 11.4 Å². The summed E-state index contributed by atoms with van der Waals surface area (Å²) in [5.74, 6) is 1.53. The fourth-order valence-corrected chi connectivity index (χ4v) is 7.13. The Hall–Kier alpha value is -6.32. The first kappa shape index (κ1) is 27.9. The van der Waals surface area contributed by atoms with Crippen molar-refractivity contribution in [1.82, 2.24) is 0 Å². The standard InChI is InChI=1S/C45H32N2O/c1-31-28-44(46(34-18-4-2-5-19-34)42-29-32-16-8-10-22-36(32)38-24-12-14-26-40(38)42)48-45(31)47(35-20-6-3-7-21-35)43-30-33-17-9-11-23-37(33)39-25-13-15-27-41(39)43/h2-30H,1H3. The van der Waals surface area contributed by atoms with Crippen LogP contribution in [0.3, 0.4) is 0 Å². The highest BCUT2D eigenvalue weighted by Gasteiger charge is 2.26. The van der Waals surface area contributed by atoms with Gasteiger partial charge >= 0.3 is 0 Å². The molecule has 0 aliphatic carbocycles. The summed E-state index contributed by atoms with van der Waals surface area (Å²) in [4.78, 5) is 4.53. The predicted octanol–water partition coefficient (Wildman–Crippen LogP) is 13.1. The lowest BCUT2D eigenvalue weighted by atomic mass is 9.99. The Morgan fingerprint density at radius 2 is 0.771 bits per heavy atom. The van der Waals surface area contributed by atoms with Crippen LogP contribution in [-0.2, 0) is 0 Å².